The van der Waals surface area contributed by atoms with E-state index in [1.807, 2.05) is 24.3 Å². The maximum atomic E-state index is 14.7. The maximum absolute atomic E-state index is 14.7. The molecule has 1 saturated carbocycles. The van der Waals surface area contributed by atoms with Gasteiger partial charge in [0.15, 0.2) is 23.1 Å². The average Bonchev–Trinajstić information content (AvgIpc) is 2.81. The molecule has 3 rings (SSSR count). The van der Waals surface area contributed by atoms with Gasteiger partial charge in [0, 0.05) is 25.0 Å². The van der Waals surface area contributed by atoms with Gasteiger partial charge in [0.2, 0.25) is 0 Å². The molecule has 1 aliphatic carbocycles. The molecule has 2 N–H and O–H groups in total. The molecule has 0 spiro atoms. The smallest absolute Gasteiger partial charge is 0.310 e. The molecular formula is C27H33FO6. The van der Waals surface area contributed by atoms with Gasteiger partial charge in [-0.25, -0.2) is 4.39 Å². The lowest BCUT2D eigenvalue weighted by atomic mass is 9.68. The maximum Gasteiger partial charge on any atom is 0.310 e. The van der Waals surface area contributed by atoms with E-state index < -0.39 is 23.0 Å². The van der Waals surface area contributed by atoms with Crippen LogP contribution in [-0.4, -0.2) is 42.3 Å². The molecule has 0 aliphatic heterocycles. The number of carbonyl (C=O) groups excluding carboxylic acids is 1. The van der Waals surface area contributed by atoms with Crippen LogP contribution in [0.15, 0.2) is 36.4 Å². The summed E-state index contributed by atoms with van der Waals surface area (Å²) in [6.45, 7) is 2.38. The average molecular weight is 473 g/mol. The predicted molar refractivity (Wildman–Crippen MR) is 126 cm³/mol. The van der Waals surface area contributed by atoms with Crippen molar-refractivity contribution < 1.29 is 33.7 Å². The number of ketones is 1. The number of ether oxygens (including phenoxy) is 2. The first-order valence-corrected chi connectivity index (χ1v) is 11.7. The molecule has 0 saturated heterocycles. The first-order valence-electron chi connectivity index (χ1n) is 11.7. The zero-order valence-corrected chi connectivity index (χ0v) is 19.8. The Balaban J connectivity index is 1.74. The highest BCUT2D eigenvalue weighted by molar-refractivity contribution is 5.99. The van der Waals surface area contributed by atoms with Crippen LogP contribution in [0.4, 0.5) is 4.39 Å². The van der Waals surface area contributed by atoms with Crippen LogP contribution in [0.2, 0.25) is 0 Å². The Labute approximate surface area is 199 Å². The summed E-state index contributed by atoms with van der Waals surface area (Å²) in [6, 6.07) is 10.3. The quantitative estimate of drug-likeness (QED) is 0.455. The number of aliphatic carboxylic acids is 1. The predicted octanol–water partition coefficient (Wildman–Crippen LogP) is 4.84. The lowest BCUT2D eigenvalue weighted by Crippen LogP contribution is -2.37. The van der Waals surface area contributed by atoms with Gasteiger partial charge in [-0.2, -0.15) is 0 Å². The third-order valence-corrected chi connectivity index (χ3v) is 6.76. The van der Waals surface area contributed by atoms with E-state index in [1.54, 1.807) is 0 Å². The van der Waals surface area contributed by atoms with E-state index in [0.717, 1.165) is 30.0 Å². The van der Waals surface area contributed by atoms with Gasteiger partial charge >= 0.3 is 5.97 Å². The van der Waals surface area contributed by atoms with E-state index in [-0.39, 0.29) is 36.7 Å². The zero-order valence-electron chi connectivity index (χ0n) is 19.8. The van der Waals surface area contributed by atoms with E-state index in [0.29, 0.717) is 31.6 Å². The molecule has 0 bridgehead atoms. The standard InChI is InChI=1S/C27H33FO6/c1-18-6-10-27(11-7-18,26(31)32)17-23(30)21-15-22(28)25(33-2)24(16-21)34-13-9-20-5-3-4-19(14-20)8-12-29/h3-5,14-16,18,29H,6-13,17H2,1-2H3,(H,31,32). The molecule has 1 aliphatic rings. The lowest BCUT2D eigenvalue weighted by Gasteiger charge is -2.35. The second kappa shape index (κ2) is 11.5. The molecule has 6 nitrogen and oxygen atoms in total. The highest BCUT2D eigenvalue weighted by Crippen LogP contribution is 2.43. The van der Waals surface area contributed by atoms with E-state index in [9.17, 15) is 19.1 Å². The summed E-state index contributed by atoms with van der Waals surface area (Å²) < 4.78 is 25.7. The second-order valence-corrected chi connectivity index (χ2v) is 9.25. The van der Waals surface area contributed by atoms with Gasteiger partial charge in [0.1, 0.15) is 0 Å². The van der Waals surface area contributed by atoms with Gasteiger partial charge in [-0.05, 0) is 61.3 Å². The molecule has 0 heterocycles. The van der Waals surface area contributed by atoms with Crippen molar-refractivity contribution in [3.05, 3.63) is 58.9 Å². The Hall–Kier alpha value is -2.93. The fourth-order valence-corrected chi connectivity index (χ4v) is 4.57. The fourth-order valence-electron chi connectivity index (χ4n) is 4.57. The number of carbonyl (C=O) groups is 2. The van der Waals surface area contributed by atoms with Crippen molar-refractivity contribution in [1.82, 2.24) is 0 Å². The molecule has 2 aromatic rings. The van der Waals surface area contributed by atoms with Crippen LogP contribution in [0.3, 0.4) is 0 Å². The Morgan fingerprint density at radius 2 is 1.79 bits per heavy atom. The molecule has 2 aromatic carbocycles. The third-order valence-electron chi connectivity index (χ3n) is 6.76. The number of hydrogen-bond donors (Lipinski definition) is 2. The van der Waals surface area contributed by atoms with Crippen molar-refractivity contribution in [3.8, 4) is 11.5 Å². The number of Topliss-reactive ketones (excluding diaryl/α,β-unsaturated/α-hetero) is 1. The topological polar surface area (TPSA) is 93.1 Å². The van der Waals surface area contributed by atoms with Crippen LogP contribution in [0.5, 0.6) is 11.5 Å². The molecule has 0 aromatic heterocycles. The van der Waals surface area contributed by atoms with Crippen LogP contribution in [0.25, 0.3) is 0 Å². The minimum Gasteiger partial charge on any atom is -0.490 e. The largest absolute Gasteiger partial charge is 0.490 e. The Morgan fingerprint density at radius 3 is 2.41 bits per heavy atom. The zero-order chi connectivity index (χ0) is 24.7. The van der Waals surface area contributed by atoms with Crippen LogP contribution >= 0.6 is 0 Å². The van der Waals surface area contributed by atoms with Crippen molar-refractivity contribution in [2.45, 2.75) is 51.9 Å². The van der Waals surface area contributed by atoms with Crippen molar-refractivity contribution in [3.63, 3.8) is 0 Å². The minimum atomic E-state index is -1.11. The molecule has 0 radical (unpaired) electrons. The lowest BCUT2D eigenvalue weighted by molar-refractivity contribution is -0.151. The number of hydrogen-bond acceptors (Lipinski definition) is 5. The molecule has 7 heteroatoms. The van der Waals surface area contributed by atoms with Gasteiger partial charge in [0.25, 0.3) is 0 Å². The number of aliphatic hydroxyl groups is 1. The Bertz CT molecular complexity index is 1010. The number of carboxylic acids is 1. The van der Waals surface area contributed by atoms with Gasteiger partial charge < -0.3 is 19.7 Å². The van der Waals surface area contributed by atoms with E-state index in [1.165, 1.54) is 13.2 Å². The monoisotopic (exact) mass is 472 g/mol. The second-order valence-electron chi connectivity index (χ2n) is 9.25. The minimum absolute atomic E-state index is 0.0689. The van der Waals surface area contributed by atoms with Crippen molar-refractivity contribution in [2.75, 3.05) is 20.3 Å². The molecule has 0 amide bonds. The van der Waals surface area contributed by atoms with Gasteiger partial charge in [0.05, 0.1) is 19.1 Å². The third kappa shape index (κ3) is 6.14. The van der Waals surface area contributed by atoms with Crippen LogP contribution in [0.1, 0.15) is 60.5 Å². The molecule has 0 atom stereocenters. The number of methoxy groups -OCH3 is 1. The van der Waals surface area contributed by atoms with Crippen molar-refractivity contribution in [1.29, 1.82) is 0 Å². The van der Waals surface area contributed by atoms with Crippen molar-refractivity contribution in [2.24, 2.45) is 11.3 Å². The van der Waals surface area contributed by atoms with Gasteiger partial charge in [-0.1, -0.05) is 31.2 Å². The summed E-state index contributed by atoms with van der Waals surface area (Å²) in [6.07, 6.45) is 3.32. The first-order chi connectivity index (χ1) is 16.3. The van der Waals surface area contributed by atoms with Gasteiger partial charge in [-0.15, -0.1) is 0 Å². The van der Waals surface area contributed by atoms with Gasteiger partial charge in [-0.3, -0.25) is 9.59 Å². The highest BCUT2D eigenvalue weighted by atomic mass is 19.1. The van der Waals surface area contributed by atoms with Crippen LogP contribution in [0, 0.1) is 17.2 Å². The Kier molecular flexibility index (Phi) is 8.67. The fraction of sp³-hybridized carbons (Fsp3) is 0.481. The molecular weight excluding hydrogens is 439 g/mol. The number of aliphatic hydroxyl groups excluding tert-OH is 1. The highest BCUT2D eigenvalue weighted by Gasteiger charge is 2.43. The number of rotatable bonds is 11. The molecule has 0 unspecified atom stereocenters. The van der Waals surface area contributed by atoms with E-state index >= 15 is 0 Å². The summed E-state index contributed by atoms with van der Waals surface area (Å²) in [4.78, 5) is 25.1. The summed E-state index contributed by atoms with van der Waals surface area (Å²) in [7, 11) is 1.33. The Morgan fingerprint density at radius 1 is 1.12 bits per heavy atom. The van der Waals surface area contributed by atoms with Crippen molar-refractivity contribution >= 4 is 11.8 Å². The summed E-state index contributed by atoms with van der Waals surface area (Å²) in [5.74, 6) is -1.66. The number of carboxylic acid groups (broad SMARTS) is 1. The SMILES string of the molecule is COc1c(F)cc(C(=O)CC2(C(=O)O)CCC(C)CC2)cc1OCCc1cccc(CCO)c1. The summed E-state index contributed by atoms with van der Waals surface area (Å²) in [5, 5.41) is 19.0. The first kappa shape index (κ1) is 25.7. The summed E-state index contributed by atoms with van der Waals surface area (Å²) >= 11 is 0. The normalized spacial score (nSPS) is 20.1. The number of benzene rings is 2. The molecule has 34 heavy (non-hydrogen) atoms. The number of halogens is 1. The van der Waals surface area contributed by atoms with E-state index in [4.69, 9.17) is 14.6 Å². The molecule has 1 fully saturated rings. The summed E-state index contributed by atoms with van der Waals surface area (Å²) in [5.41, 5.74) is 0.992. The van der Waals surface area contributed by atoms with Crippen LogP contribution < -0.4 is 9.47 Å². The molecule has 184 valence electrons. The van der Waals surface area contributed by atoms with Crippen LogP contribution in [-0.2, 0) is 17.6 Å². The van der Waals surface area contributed by atoms with E-state index in [2.05, 4.69) is 6.92 Å².